The van der Waals surface area contributed by atoms with Gasteiger partial charge in [0.1, 0.15) is 6.04 Å². The molecule has 12 heteroatoms. The summed E-state index contributed by atoms with van der Waals surface area (Å²) in [5.74, 6) is -0.910. The lowest BCUT2D eigenvalue weighted by Crippen LogP contribution is -2.48. The molecule has 2 aromatic rings. The third-order valence-electron chi connectivity index (χ3n) is 6.27. The first-order valence-electron chi connectivity index (χ1n) is 12.2. The molecule has 0 bridgehead atoms. The van der Waals surface area contributed by atoms with Gasteiger partial charge in [-0.1, -0.05) is 61.7 Å². The Labute approximate surface area is 216 Å². The molecule has 37 heavy (non-hydrogen) atoms. The summed E-state index contributed by atoms with van der Waals surface area (Å²) in [6, 6.07) is 12.6. The van der Waals surface area contributed by atoms with Crippen LogP contribution in [0.3, 0.4) is 0 Å². The number of aliphatic hydroxyl groups excluding tert-OH is 1. The van der Waals surface area contributed by atoms with E-state index in [1.54, 1.807) is 30.3 Å². The van der Waals surface area contributed by atoms with E-state index in [0.717, 1.165) is 44.2 Å². The van der Waals surface area contributed by atoms with E-state index in [9.17, 15) is 33.2 Å². The fraction of sp³-hybridized carbons (Fsp3) is 0.440. The zero-order chi connectivity index (χ0) is 26.8. The minimum absolute atomic E-state index is 0.00649. The largest absolute Gasteiger partial charge is 0.395 e. The number of nitrogens with one attached hydrogen (secondary N) is 2. The Morgan fingerprint density at radius 1 is 1.05 bits per heavy atom. The van der Waals surface area contributed by atoms with Crippen molar-refractivity contribution in [3.05, 3.63) is 70.3 Å². The molecule has 11 nitrogen and oxygen atoms in total. The van der Waals surface area contributed by atoms with Gasteiger partial charge in [0.05, 0.1) is 11.5 Å². The maximum Gasteiger partial charge on any atom is 0.289 e. The molecule has 0 spiro atoms. The van der Waals surface area contributed by atoms with E-state index in [0.29, 0.717) is 5.56 Å². The highest BCUT2D eigenvalue weighted by molar-refractivity contribution is 7.89. The third kappa shape index (κ3) is 7.57. The molecule has 3 N–H and O–H groups in total. The number of nitrogens with zero attached hydrogens (tertiary/aromatic N) is 2. The van der Waals surface area contributed by atoms with Gasteiger partial charge < -0.3 is 15.3 Å². The molecule has 1 unspecified atom stereocenters. The second-order valence-corrected chi connectivity index (χ2v) is 10.6. The Hall–Kier alpha value is -3.35. The maximum absolute atomic E-state index is 13.4. The average Bonchev–Trinajstić information content (AvgIpc) is 2.89. The first-order valence-corrected chi connectivity index (χ1v) is 13.7. The monoisotopic (exact) mass is 532 g/mol. The molecule has 0 heterocycles. The van der Waals surface area contributed by atoms with Gasteiger partial charge >= 0.3 is 0 Å². The van der Waals surface area contributed by atoms with Crippen LogP contribution in [-0.2, 0) is 19.6 Å². The van der Waals surface area contributed by atoms with E-state index in [-0.39, 0.29) is 31.5 Å². The van der Waals surface area contributed by atoms with Crippen molar-refractivity contribution in [2.24, 2.45) is 0 Å². The van der Waals surface area contributed by atoms with E-state index in [2.05, 4.69) is 10.0 Å². The summed E-state index contributed by atoms with van der Waals surface area (Å²) in [6.45, 7) is -0.873. The maximum atomic E-state index is 13.4. The van der Waals surface area contributed by atoms with Gasteiger partial charge in [-0.3, -0.25) is 19.7 Å². The predicted molar refractivity (Wildman–Crippen MR) is 136 cm³/mol. The lowest BCUT2D eigenvalue weighted by Gasteiger charge is -2.33. The molecule has 0 aromatic heterocycles. The molecular weight excluding hydrogens is 500 g/mol. The van der Waals surface area contributed by atoms with Gasteiger partial charge in [-0.25, -0.2) is 13.1 Å². The predicted octanol–water partition coefficient (Wildman–Crippen LogP) is 2.27. The van der Waals surface area contributed by atoms with Crippen molar-refractivity contribution >= 4 is 27.5 Å². The Kier molecular flexibility index (Phi) is 10.1. The summed E-state index contributed by atoms with van der Waals surface area (Å²) in [5.41, 5.74) is -0.00939. The lowest BCUT2D eigenvalue weighted by molar-refractivity contribution is -0.387. The zero-order valence-corrected chi connectivity index (χ0v) is 21.2. The van der Waals surface area contributed by atoms with Crippen molar-refractivity contribution in [1.29, 1.82) is 0 Å². The van der Waals surface area contributed by atoms with Crippen LogP contribution in [0.4, 0.5) is 5.69 Å². The van der Waals surface area contributed by atoms with Crippen LogP contribution in [0.15, 0.2) is 59.5 Å². The molecule has 200 valence electrons. The van der Waals surface area contributed by atoms with Crippen LogP contribution in [0.5, 0.6) is 0 Å². The first-order chi connectivity index (χ1) is 17.7. The number of nitro groups is 1. The number of para-hydroxylation sites is 1. The van der Waals surface area contributed by atoms with Gasteiger partial charge in [-0.2, -0.15) is 0 Å². The summed E-state index contributed by atoms with van der Waals surface area (Å²) < 4.78 is 27.6. The van der Waals surface area contributed by atoms with E-state index in [1.807, 2.05) is 0 Å². The number of nitro benzene ring substituents is 1. The summed E-state index contributed by atoms with van der Waals surface area (Å²) in [4.78, 5) is 37.8. The normalized spacial score (nSPS) is 15.1. The molecule has 2 aromatic carbocycles. The van der Waals surface area contributed by atoms with Crippen LogP contribution in [0, 0.1) is 10.1 Å². The number of benzene rings is 2. The minimum Gasteiger partial charge on any atom is -0.395 e. The van der Waals surface area contributed by atoms with Crippen molar-refractivity contribution in [1.82, 2.24) is 14.9 Å². The number of hydrogen-bond acceptors (Lipinski definition) is 7. The van der Waals surface area contributed by atoms with E-state index >= 15 is 0 Å². The Bertz CT molecular complexity index is 1180. The van der Waals surface area contributed by atoms with Crippen LogP contribution < -0.4 is 10.0 Å². The summed E-state index contributed by atoms with van der Waals surface area (Å²) in [6.07, 6.45) is 4.54. The van der Waals surface area contributed by atoms with E-state index < -0.39 is 44.1 Å². The second kappa shape index (κ2) is 13.3. The number of amides is 2. The number of hydrogen-bond donors (Lipinski definition) is 3. The number of rotatable bonds is 12. The fourth-order valence-corrected chi connectivity index (χ4v) is 5.69. The SMILES string of the molecule is O=C(NC1CCCCC1)C(c1ccccc1)N(CCO)C(=O)CCNS(=O)(=O)c1ccccc1[N+](=O)[O-]. The highest BCUT2D eigenvalue weighted by Crippen LogP contribution is 2.25. The van der Waals surface area contributed by atoms with Crippen molar-refractivity contribution in [2.45, 2.75) is 55.5 Å². The van der Waals surface area contributed by atoms with Crippen LogP contribution in [0.1, 0.15) is 50.1 Å². The van der Waals surface area contributed by atoms with Crippen LogP contribution >= 0.6 is 0 Å². The van der Waals surface area contributed by atoms with Crippen molar-refractivity contribution in [3.63, 3.8) is 0 Å². The number of sulfonamides is 1. The van der Waals surface area contributed by atoms with Gasteiger partial charge in [-0.15, -0.1) is 0 Å². The molecule has 1 aliphatic carbocycles. The number of aliphatic hydroxyl groups is 1. The zero-order valence-electron chi connectivity index (χ0n) is 20.4. The second-order valence-electron chi connectivity index (χ2n) is 8.84. The average molecular weight is 533 g/mol. The molecule has 2 amide bonds. The van der Waals surface area contributed by atoms with Gasteiger partial charge in [0.2, 0.25) is 21.8 Å². The van der Waals surface area contributed by atoms with Crippen LogP contribution in [-0.4, -0.2) is 60.9 Å². The van der Waals surface area contributed by atoms with Crippen LogP contribution in [0.2, 0.25) is 0 Å². The smallest absolute Gasteiger partial charge is 0.289 e. The third-order valence-corrected chi connectivity index (χ3v) is 7.78. The van der Waals surface area contributed by atoms with Crippen molar-refractivity contribution < 1.29 is 28.0 Å². The van der Waals surface area contributed by atoms with Gasteiger partial charge in [0.25, 0.3) is 5.69 Å². The van der Waals surface area contributed by atoms with Gasteiger partial charge in [0.15, 0.2) is 4.90 Å². The van der Waals surface area contributed by atoms with E-state index in [4.69, 9.17) is 0 Å². The molecule has 1 saturated carbocycles. The molecule has 0 aliphatic heterocycles. The molecular formula is C25H32N4O7S. The molecule has 1 atom stereocenters. The highest BCUT2D eigenvalue weighted by Gasteiger charge is 2.33. The summed E-state index contributed by atoms with van der Waals surface area (Å²) in [7, 11) is -4.27. The van der Waals surface area contributed by atoms with Gasteiger partial charge in [-0.05, 0) is 24.5 Å². The number of carbonyl (C=O) groups is 2. The Morgan fingerprint density at radius 2 is 1.70 bits per heavy atom. The Balaban J connectivity index is 1.76. The quantitative estimate of drug-likeness (QED) is 0.279. The van der Waals surface area contributed by atoms with Crippen molar-refractivity contribution in [3.8, 4) is 0 Å². The molecule has 0 saturated heterocycles. The minimum atomic E-state index is -4.27. The Morgan fingerprint density at radius 3 is 2.35 bits per heavy atom. The molecule has 1 fully saturated rings. The summed E-state index contributed by atoms with van der Waals surface area (Å²) in [5, 5.41) is 23.9. The first kappa shape index (κ1) is 28.2. The summed E-state index contributed by atoms with van der Waals surface area (Å²) >= 11 is 0. The van der Waals surface area contributed by atoms with Gasteiger partial charge in [0, 0.05) is 31.6 Å². The molecule has 0 radical (unpaired) electrons. The fourth-order valence-electron chi connectivity index (χ4n) is 4.49. The molecule has 3 rings (SSSR count). The topological polar surface area (TPSA) is 159 Å². The van der Waals surface area contributed by atoms with Crippen LogP contribution in [0.25, 0.3) is 0 Å². The standard InChI is InChI=1S/C25H32N4O7S/c30-18-17-28(23(31)15-16-26-37(35,36)22-14-8-7-13-21(22)29(33)34)24(19-9-3-1-4-10-19)25(32)27-20-11-5-2-6-12-20/h1,3-4,7-10,13-14,20,24,26,30H,2,5-6,11-12,15-18H2,(H,27,32). The van der Waals surface area contributed by atoms with E-state index in [1.165, 1.54) is 17.0 Å². The highest BCUT2D eigenvalue weighted by atomic mass is 32.2. The lowest BCUT2D eigenvalue weighted by atomic mass is 9.94. The molecule has 1 aliphatic rings. The number of carbonyl (C=O) groups excluding carboxylic acids is 2. The van der Waals surface area contributed by atoms with Crippen molar-refractivity contribution in [2.75, 3.05) is 19.7 Å².